The third-order valence-electron chi connectivity index (χ3n) is 4.60. The van der Waals surface area contributed by atoms with Crippen LogP contribution in [0.1, 0.15) is 16.9 Å². The average Bonchev–Trinajstić information content (AvgIpc) is 3.24. The zero-order valence-corrected chi connectivity index (χ0v) is 15.4. The lowest BCUT2D eigenvalue weighted by atomic mass is 10.1. The molecule has 4 aromatic rings. The smallest absolute Gasteiger partial charge is 0.418 e. The molecule has 0 saturated carbocycles. The Labute approximate surface area is 168 Å². The SMILES string of the molecule is O=c1c2ccccc2c(C=NCc2ccco2)c(O)n1-c1ccccc1C(F)(F)F. The van der Waals surface area contributed by atoms with Gasteiger partial charge in [-0.3, -0.25) is 9.79 Å². The van der Waals surface area contributed by atoms with Crippen LogP contribution in [-0.4, -0.2) is 15.9 Å². The van der Waals surface area contributed by atoms with Gasteiger partial charge in [-0.15, -0.1) is 0 Å². The van der Waals surface area contributed by atoms with E-state index in [1.807, 2.05) is 0 Å². The molecule has 0 aliphatic heterocycles. The van der Waals surface area contributed by atoms with Crippen molar-refractivity contribution < 1.29 is 22.7 Å². The number of rotatable bonds is 4. The highest BCUT2D eigenvalue weighted by Gasteiger charge is 2.34. The summed E-state index contributed by atoms with van der Waals surface area (Å²) in [6, 6.07) is 14.4. The Morgan fingerprint density at radius 3 is 2.40 bits per heavy atom. The highest BCUT2D eigenvalue weighted by Crippen LogP contribution is 2.35. The molecule has 0 atom stereocenters. The molecule has 8 heteroatoms. The highest BCUT2D eigenvalue weighted by molar-refractivity contribution is 6.01. The monoisotopic (exact) mass is 412 g/mol. The van der Waals surface area contributed by atoms with E-state index in [1.54, 1.807) is 30.3 Å². The Kier molecular flexibility index (Phi) is 4.91. The average molecular weight is 412 g/mol. The zero-order valence-electron chi connectivity index (χ0n) is 15.4. The molecule has 152 valence electrons. The summed E-state index contributed by atoms with van der Waals surface area (Å²) in [7, 11) is 0. The first-order valence-corrected chi connectivity index (χ1v) is 8.93. The molecule has 0 amide bonds. The molecule has 2 aromatic heterocycles. The molecule has 5 nitrogen and oxygen atoms in total. The Balaban J connectivity index is 1.96. The number of furan rings is 1. The summed E-state index contributed by atoms with van der Waals surface area (Å²) in [5.41, 5.74) is -2.12. The predicted octanol–water partition coefficient (Wildman–Crippen LogP) is 4.93. The van der Waals surface area contributed by atoms with Gasteiger partial charge in [-0.1, -0.05) is 30.3 Å². The number of halogens is 3. The molecule has 2 heterocycles. The third-order valence-corrected chi connectivity index (χ3v) is 4.60. The van der Waals surface area contributed by atoms with Gasteiger partial charge >= 0.3 is 6.18 Å². The molecule has 0 unspecified atom stereocenters. The van der Waals surface area contributed by atoms with Crippen LogP contribution in [0.3, 0.4) is 0 Å². The van der Waals surface area contributed by atoms with Crippen molar-refractivity contribution in [3.63, 3.8) is 0 Å². The number of para-hydroxylation sites is 1. The van der Waals surface area contributed by atoms with Crippen molar-refractivity contribution in [3.05, 3.63) is 94.2 Å². The zero-order chi connectivity index (χ0) is 21.3. The van der Waals surface area contributed by atoms with Gasteiger partial charge in [-0.25, -0.2) is 4.57 Å². The van der Waals surface area contributed by atoms with Crippen molar-refractivity contribution >= 4 is 17.0 Å². The van der Waals surface area contributed by atoms with Gasteiger partial charge in [0.15, 0.2) is 0 Å². The first kappa shape index (κ1) is 19.5. The second kappa shape index (κ2) is 7.55. The van der Waals surface area contributed by atoms with Crippen LogP contribution in [0.15, 0.2) is 81.1 Å². The molecular formula is C22H15F3N2O3. The molecule has 0 bridgehead atoms. The quantitative estimate of drug-likeness (QED) is 0.484. The Morgan fingerprint density at radius 2 is 1.70 bits per heavy atom. The maximum Gasteiger partial charge on any atom is 0.418 e. The second-order valence-corrected chi connectivity index (χ2v) is 6.49. The molecule has 4 rings (SSSR count). The van der Waals surface area contributed by atoms with Crippen LogP contribution in [0.25, 0.3) is 16.5 Å². The summed E-state index contributed by atoms with van der Waals surface area (Å²) in [6.07, 6.45) is -1.89. The van der Waals surface area contributed by atoms with Gasteiger partial charge in [0.25, 0.3) is 5.56 Å². The fourth-order valence-electron chi connectivity index (χ4n) is 3.25. The molecule has 0 aliphatic carbocycles. The predicted molar refractivity (Wildman–Crippen MR) is 106 cm³/mol. The van der Waals surface area contributed by atoms with Gasteiger partial charge in [0.05, 0.1) is 29.6 Å². The summed E-state index contributed by atoms with van der Waals surface area (Å²) in [5, 5.41) is 11.4. The number of aromatic hydroxyl groups is 1. The van der Waals surface area contributed by atoms with Crippen LogP contribution in [0.5, 0.6) is 5.88 Å². The minimum absolute atomic E-state index is 0.133. The Hall–Kier alpha value is -3.81. The van der Waals surface area contributed by atoms with Crippen molar-refractivity contribution in [2.24, 2.45) is 4.99 Å². The summed E-state index contributed by atoms with van der Waals surface area (Å²) in [5.74, 6) is -0.0515. The molecule has 0 saturated heterocycles. The van der Waals surface area contributed by atoms with Gasteiger partial charge in [0.1, 0.15) is 5.76 Å². The molecule has 0 fully saturated rings. The number of hydrogen-bond acceptors (Lipinski definition) is 4. The molecule has 1 N–H and O–H groups in total. The van der Waals surface area contributed by atoms with E-state index in [-0.39, 0.29) is 17.5 Å². The van der Waals surface area contributed by atoms with Crippen LogP contribution in [-0.2, 0) is 12.7 Å². The lowest BCUT2D eigenvalue weighted by Gasteiger charge is -2.18. The minimum atomic E-state index is -4.71. The Bertz CT molecular complexity index is 1290. The van der Waals surface area contributed by atoms with Crippen molar-refractivity contribution in [2.75, 3.05) is 0 Å². The van der Waals surface area contributed by atoms with E-state index in [0.29, 0.717) is 15.7 Å². The van der Waals surface area contributed by atoms with Crippen molar-refractivity contribution in [3.8, 4) is 11.6 Å². The molecule has 0 spiro atoms. The summed E-state index contributed by atoms with van der Waals surface area (Å²) < 4.78 is 46.5. The fourth-order valence-corrected chi connectivity index (χ4v) is 3.25. The lowest BCUT2D eigenvalue weighted by Crippen LogP contribution is -2.23. The van der Waals surface area contributed by atoms with E-state index >= 15 is 0 Å². The number of pyridine rings is 1. The normalized spacial score (nSPS) is 12.1. The first-order chi connectivity index (χ1) is 14.4. The van der Waals surface area contributed by atoms with Crippen LogP contribution in [0.4, 0.5) is 13.2 Å². The number of hydrogen-bond donors (Lipinski definition) is 1. The lowest BCUT2D eigenvalue weighted by molar-refractivity contribution is -0.137. The maximum atomic E-state index is 13.5. The van der Waals surface area contributed by atoms with Crippen molar-refractivity contribution in [1.29, 1.82) is 0 Å². The fraction of sp³-hybridized carbons (Fsp3) is 0.0909. The standard InChI is InChI=1S/C22H15F3N2O3/c23-22(24,25)18-9-3-4-10-19(18)27-20(28)16-8-2-1-7-15(16)17(21(27)29)13-26-12-14-6-5-11-30-14/h1-11,13,29H,12H2. The third kappa shape index (κ3) is 3.47. The maximum absolute atomic E-state index is 13.5. The van der Waals surface area contributed by atoms with Gasteiger partial charge < -0.3 is 9.52 Å². The van der Waals surface area contributed by atoms with Gasteiger partial charge in [-0.05, 0) is 30.3 Å². The molecular weight excluding hydrogens is 397 g/mol. The van der Waals surface area contributed by atoms with Gasteiger partial charge in [0.2, 0.25) is 5.88 Å². The van der Waals surface area contributed by atoms with Gasteiger partial charge in [0, 0.05) is 17.0 Å². The van der Waals surface area contributed by atoms with Crippen LogP contribution >= 0.6 is 0 Å². The molecule has 2 aromatic carbocycles. The highest BCUT2D eigenvalue weighted by atomic mass is 19.4. The molecule has 30 heavy (non-hydrogen) atoms. The minimum Gasteiger partial charge on any atom is -0.494 e. The summed E-state index contributed by atoms with van der Waals surface area (Å²) in [6.45, 7) is 0.166. The number of benzene rings is 2. The van der Waals surface area contributed by atoms with Gasteiger partial charge in [-0.2, -0.15) is 13.2 Å². The van der Waals surface area contributed by atoms with Crippen molar-refractivity contribution in [2.45, 2.75) is 12.7 Å². The molecule has 0 aliphatic rings. The van der Waals surface area contributed by atoms with Crippen LogP contribution in [0.2, 0.25) is 0 Å². The largest absolute Gasteiger partial charge is 0.494 e. The second-order valence-electron chi connectivity index (χ2n) is 6.49. The van der Waals surface area contributed by atoms with E-state index < -0.39 is 28.9 Å². The summed E-state index contributed by atoms with van der Waals surface area (Å²) in [4.78, 5) is 17.2. The van der Waals surface area contributed by atoms with Crippen LogP contribution < -0.4 is 5.56 Å². The van der Waals surface area contributed by atoms with E-state index in [0.717, 1.165) is 12.1 Å². The van der Waals surface area contributed by atoms with Crippen molar-refractivity contribution in [1.82, 2.24) is 4.57 Å². The molecule has 0 radical (unpaired) electrons. The van der Waals surface area contributed by atoms with E-state index in [9.17, 15) is 23.1 Å². The number of fused-ring (bicyclic) bond motifs is 1. The Morgan fingerprint density at radius 1 is 1.00 bits per heavy atom. The van der Waals surface area contributed by atoms with E-state index in [1.165, 1.54) is 30.7 Å². The topological polar surface area (TPSA) is 67.7 Å². The first-order valence-electron chi connectivity index (χ1n) is 8.93. The number of alkyl halides is 3. The number of nitrogens with zero attached hydrogens (tertiary/aromatic N) is 2. The number of aromatic nitrogens is 1. The van der Waals surface area contributed by atoms with Crippen LogP contribution in [0, 0.1) is 0 Å². The number of aliphatic imine (C=N–C) groups is 1. The summed E-state index contributed by atoms with van der Waals surface area (Å²) >= 11 is 0. The van der Waals surface area contributed by atoms with E-state index in [4.69, 9.17) is 4.42 Å². The van der Waals surface area contributed by atoms with E-state index in [2.05, 4.69) is 4.99 Å².